The smallest absolute Gasteiger partial charge is 0.303 e. The molecule has 0 aliphatic heterocycles. The van der Waals surface area contributed by atoms with Gasteiger partial charge in [0.25, 0.3) is 11.9 Å². The molecule has 0 bridgehead atoms. The summed E-state index contributed by atoms with van der Waals surface area (Å²) in [6, 6.07) is 0. The van der Waals surface area contributed by atoms with Crippen LogP contribution >= 0.6 is 0 Å². The summed E-state index contributed by atoms with van der Waals surface area (Å²) in [5.41, 5.74) is 0. The van der Waals surface area contributed by atoms with Crippen molar-refractivity contribution in [1.82, 2.24) is 0 Å². The van der Waals surface area contributed by atoms with Crippen LogP contribution in [0.15, 0.2) is 0 Å². The van der Waals surface area contributed by atoms with Gasteiger partial charge in [0.15, 0.2) is 0 Å². The Morgan fingerprint density at radius 3 is 0.812 bits per heavy atom. The van der Waals surface area contributed by atoms with Crippen LogP contribution in [0.2, 0.25) is 0 Å². The number of hydrogen-bond acceptors (Lipinski definition) is 4. The highest BCUT2D eigenvalue weighted by molar-refractivity contribution is 5.66. The maximum absolute atomic E-state index is 10.1. The number of carbonyl (C=O) groups is 4. The van der Waals surface area contributed by atoms with Crippen molar-refractivity contribution in [3.8, 4) is 0 Å². The number of hydrogen-bond donors (Lipinski definition) is 4. The van der Waals surface area contributed by atoms with Gasteiger partial charge in [-0.1, -0.05) is 90.9 Å². The van der Waals surface area contributed by atoms with Crippen molar-refractivity contribution in [2.45, 2.75) is 130 Å². The first-order valence-electron chi connectivity index (χ1n) is 11.8. The molecule has 0 aromatic rings. The Balaban J connectivity index is -0.000000184. The molecule has 0 unspecified atom stereocenters. The second-order valence-corrected chi connectivity index (χ2v) is 7.57. The lowest BCUT2D eigenvalue weighted by Crippen LogP contribution is -1.93. The highest BCUT2D eigenvalue weighted by atomic mass is 16.4. The van der Waals surface area contributed by atoms with E-state index in [-0.39, 0.29) is 0 Å². The normalized spacial score (nSPS) is 9.12. The molecular formula is C24H48O8. The Kier molecular flexibility index (Phi) is 39.0. The summed E-state index contributed by atoms with van der Waals surface area (Å²) in [6.45, 7) is 6.56. The lowest BCUT2D eigenvalue weighted by molar-refractivity contribution is -0.138. The highest BCUT2D eigenvalue weighted by Gasteiger charge is 1.96. The molecule has 0 atom stereocenters. The summed E-state index contributed by atoms with van der Waals surface area (Å²) < 4.78 is 0. The highest BCUT2D eigenvalue weighted by Crippen LogP contribution is 2.08. The first kappa shape index (κ1) is 37.2. The molecule has 0 aliphatic rings. The van der Waals surface area contributed by atoms with Gasteiger partial charge in [0.2, 0.25) is 0 Å². The Morgan fingerprint density at radius 1 is 0.438 bits per heavy atom. The lowest BCUT2D eigenvalue weighted by atomic mass is 10.1. The number of aliphatic carboxylic acids is 4. The van der Waals surface area contributed by atoms with Crippen LogP contribution in [0.5, 0.6) is 0 Å². The minimum atomic E-state index is -0.833. The fraction of sp³-hybridized carbons (Fsp3) is 0.833. The molecule has 0 heterocycles. The minimum absolute atomic E-state index is 0.341. The number of unbranched alkanes of at least 4 members (excludes halogenated alkanes) is 12. The zero-order chi connectivity index (χ0) is 25.6. The van der Waals surface area contributed by atoms with E-state index in [0.29, 0.717) is 12.8 Å². The second kappa shape index (κ2) is 33.5. The monoisotopic (exact) mass is 464 g/mol. The van der Waals surface area contributed by atoms with E-state index in [0.717, 1.165) is 39.5 Å². The van der Waals surface area contributed by atoms with Crippen LogP contribution in [0.1, 0.15) is 130 Å². The van der Waals surface area contributed by atoms with Crippen LogP contribution in [-0.2, 0) is 19.2 Å². The summed E-state index contributed by atoms with van der Waals surface area (Å²) >= 11 is 0. The fourth-order valence-electron chi connectivity index (χ4n) is 2.47. The predicted molar refractivity (Wildman–Crippen MR) is 127 cm³/mol. The molecule has 8 nitrogen and oxygen atoms in total. The number of carboxylic acid groups (broad SMARTS) is 4. The van der Waals surface area contributed by atoms with E-state index in [1.807, 2.05) is 0 Å². The Morgan fingerprint density at radius 2 is 0.625 bits per heavy atom. The minimum Gasteiger partial charge on any atom is -0.481 e. The van der Waals surface area contributed by atoms with E-state index in [4.69, 9.17) is 30.0 Å². The van der Waals surface area contributed by atoms with Gasteiger partial charge in [-0.2, -0.15) is 0 Å². The van der Waals surface area contributed by atoms with Crippen molar-refractivity contribution >= 4 is 23.9 Å². The molecule has 32 heavy (non-hydrogen) atoms. The molecule has 192 valence electrons. The maximum atomic E-state index is 10.1. The molecule has 0 saturated heterocycles. The molecule has 4 N–H and O–H groups in total. The summed E-state index contributed by atoms with van der Waals surface area (Å²) in [5, 5.41) is 31.5. The van der Waals surface area contributed by atoms with E-state index in [1.165, 1.54) is 64.2 Å². The van der Waals surface area contributed by atoms with Crippen LogP contribution < -0.4 is 0 Å². The average Bonchev–Trinajstić information content (AvgIpc) is 2.66. The molecule has 0 fully saturated rings. The average molecular weight is 465 g/mol. The quantitative estimate of drug-likeness (QED) is 0.186. The van der Waals surface area contributed by atoms with Gasteiger partial charge in [0.1, 0.15) is 0 Å². The standard InChI is InChI=1S/2C10H20O2.2C2H4O2/c2*1-2-3-4-5-6-7-8-9-10(11)12;2*1-2(3)4/h2*2-9H2,1H3,(H,11,12);2*1H3,(H,3,4). The largest absolute Gasteiger partial charge is 0.481 e. The molecule has 0 aromatic carbocycles. The number of rotatable bonds is 16. The van der Waals surface area contributed by atoms with Crippen molar-refractivity contribution in [3.63, 3.8) is 0 Å². The topological polar surface area (TPSA) is 149 Å². The lowest BCUT2D eigenvalue weighted by Gasteiger charge is -1.98. The van der Waals surface area contributed by atoms with Crippen molar-refractivity contribution in [2.75, 3.05) is 0 Å². The van der Waals surface area contributed by atoms with Gasteiger partial charge in [0, 0.05) is 26.7 Å². The molecule has 8 heteroatoms. The molecule has 0 rings (SSSR count). The van der Waals surface area contributed by atoms with E-state index in [2.05, 4.69) is 13.8 Å². The van der Waals surface area contributed by atoms with Crippen molar-refractivity contribution in [2.24, 2.45) is 0 Å². The van der Waals surface area contributed by atoms with Gasteiger partial charge in [-0.15, -0.1) is 0 Å². The third kappa shape index (κ3) is 79.9. The SMILES string of the molecule is CC(=O)O.CC(=O)O.CCCCCCCCCC(=O)O.CCCCCCCCCC(=O)O. The summed E-state index contributed by atoms with van der Waals surface area (Å²) in [4.78, 5) is 38.3. The van der Waals surface area contributed by atoms with E-state index >= 15 is 0 Å². The van der Waals surface area contributed by atoms with E-state index < -0.39 is 23.9 Å². The third-order valence-electron chi connectivity index (χ3n) is 3.99. The fourth-order valence-corrected chi connectivity index (χ4v) is 2.47. The van der Waals surface area contributed by atoms with Crippen LogP contribution in [0.4, 0.5) is 0 Å². The van der Waals surface area contributed by atoms with Crippen molar-refractivity contribution in [3.05, 3.63) is 0 Å². The van der Waals surface area contributed by atoms with Gasteiger partial charge in [0.05, 0.1) is 0 Å². The maximum Gasteiger partial charge on any atom is 0.303 e. The predicted octanol–water partition coefficient (Wildman–Crippen LogP) is 6.61. The number of carboxylic acids is 4. The van der Waals surface area contributed by atoms with Gasteiger partial charge in [-0.3, -0.25) is 19.2 Å². The van der Waals surface area contributed by atoms with Crippen LogP contribution in [0, 0.1) is 0 Å². The first-order valence-corrected chi connectivity index (χ1v) is 11.8. The molecule has 0 amide bonds. The zero-order valence-electron chi connectivity index (χ0n) is 20.7. The van der Waals surface area contributed by atoms with Crippen LogP contribution in [-0.4, -0.2) is 44.3 Å². The Bertz CT molecular complexity index is 388. The molecule has 0 aromatic heterocycles. The molecule has 0 aliphatic carbocycles. The van der Waals surface area contributed by atoms with Gasteiger partial charge < -0.3 is 20.4 Å². The summed E-state index contributed by atoms with van der Waals surface area (Å²) in [7, 11) is 0. The zero-order valence-corrected chi connectivity index (χ0v) is 20.7. The third-order valence-corrected chi connectivity index (χ3v) is 3.99. The van der Waals surface area contributed by atoms with Gasteiger partial charge in [-0.05, 0) is 12.8 Å². The molecular weight excluding hydrogens is 416 g/mol. The molecule has 0 saturated carbocycles. The van der Waals surface area contributed by atoms with Gasteiger partial charge >= 0.3 is 11.9 Å². The Labute approximate surface area is 194 Å². The molecule has 0 radical (unpaired) electrons. The molecule has 0 spiro atoms. The first-order chi connectivity index (χ1) is 15.0. The van der Waals surface area contributed by atoms with Crippen LogP contribution in [0.25, 0.3) is 0 Å². The van der Waals surface area contributed by atoms with Crippen LogP contribution in [0.3, 0.4) is 0 Å². The summed E-state index contributed by atoms with van der Waals surface area (Å²) in [6.07, 6.45) is 17.3. The van der Waals surface area contributed by atoms with Crippen molar-refractivity contribution in [1.29, 1.82) is 0 Å². The van der Waals surface area contributed by atoms with E-state index in [9.17, 15) is 9.59 Å². The van der Waals surface area contributed by atoms with E-state index in [1.54, 1.807) is 0 Å². The Hall–Kier alpha value is -2.12. The van der Waals surface area contributed by atoms with Crippen molar-refractivity contribution < 1.29 is 39.6 Å². The summed E-state index contributed by atoms with van der Waals surface area (Å²) in [5.74, 6) is -2.99. The van der Waals surface area contributed by atoms with Gasteiger partial charge in [-0.25, -0.2) is 0 Å². The second-order valence-electron chi connectivity index (χ2n) is 7.57.